The Morgan fingerprint density at radius 1 is 0.972 bits per heavy atom. The Balaban J connectivity index is 1.31. The molecule has 3 aromatic carbocycles. The van der Waals surface area contributed by atoms with E-state index in [2.05, 4.69) is 48.4 Å². The van der Waals surface area contributed by atoms with Gasteiger partial charge in [0.1, 0.15) is 5.82 Å². The van der Waals surface area contributed by atoms with Gasteiger partial charge in [0.05, 0.1) is 22.2 Å². The molecule has 1 N–H and O–H groups in total. The van der Waals surface area contributed by atoms with Crippen molar-refractivity contribution in [3.63, 3.8) is 0 Å². The van der Waals surface area contributed by atoms with Gasteiger partial charge in [0.15, 0.2) is 6.61 Å². The van der Waals surface area contributed by atoms with Crippen LogP contribution in [-0.2, 0) is 16.0 Å². The minimum absolute atomic E-state index is 0.180. The van der Waals surface area contributed by atoms with Crippen molar-refractivity contribution in [1.29, 1.82) is 0 Å². The standard InChI is InChI=1S/C29H29N3O4/c1-19(2)22-10-8-21(9-11-22)16-17-30-27(33)18-36-29(35)23-12-14-24(15-13-23)32-20(3)31-26-7-5-4-6-25(26)28(32)34/h4-15,19H,16-18H2,1-3H3,(H,30,33). The first-order valence-corrected chi connectivity index (χ1v) is 11.9. The molecule has 0 aliphatic carbocycles. The van der Waals surface area contributed by atoms with E-state index in [1.54, 1.807) is 49.4 Å². The average Bonchev–Trinajstić information content (AvgIpc) is 2.88. The molecule has 0 radical (unpaired) electrons. The smallest absolute Gasteiger partial charge is 0.338 e. The number of fused-ring (bicyclic) bond motifs is 1. The van der Waals surface area contributed by atoms with Crippen LogP contribution in [0.2, 0.25) is 0 Å². The van der Waals surface area contributed by atoms with E-state index in [9.17, 15) is 14.4 Å². The zero-order valence-electron chi connectivity index (χ0n) is 20.7. The summed E-state index contributed by atoms with van der Waals surface area (Å²) in [6.07, 6.45) is 0.696. The van der Waals surface area contributed by atoms with Crippen molar-refractivity contribution in [3.8, 4) is 5.69 Å². The minimum Gasteiger partial charge on any atom is -0.452 e. The molecule has 7 heteroatoms. The molecule has 0 aliphatic rings. The van der Waals surface area contributed by atoms with Crippen LogP contribution in [-0.4, -0.2) is 34.6 Å². The molecule has 0 unspecified atom stereocenters. The van der Waals surface area contributed by atoms with E-state index in [1.165, 1.54) is 10.1 Å². The van der Waals surface area contributed by atoms with Gasteiger partial charge in [0.2, 0.25) is 0 Å². The van der Waals surface area contributed by atoms with E-state index in [0.717, 1.165) is 5.56 Å². The van der Waals surface area contributed by atoms with Gasteiger partial charge in [-0.25, -0.2) is 9.78 Å². The monoisotopic (exact) mass is 483 g/mol. The number of amides is 1. The van der Waals surface area contributed by atoms with E-state index in [4.69, 9.17) is 4.74 Å². The molecule has 0 atom stereocenters. The normalized spacial score (nSPS) is 11.0. The predicted molar refractivity (Wildman–Crippen MR) is 140 cm³/mol. The number of nitrogens with zero attached hydrogens (tertiary/aromatic N) is 2. The summed E-state index contributed by atoms with van der Waals surface area (Å²) in [4.78, 5) is 42.0. The SMILES string of the molecule is Cc1nc2ccccc2c(=O)n1-c1ccc(C(=O)OCC(=O)NCCc2ccc(C(C)C)cc2)cc1. The lowest BCUT2D eigenvalue weighted by Gasteiger charge is -2.11. The Kier molecular flexibility index (Phi) is 7.59. The van der Waals surface area contributed by atoms with Gasteiger partial charge >= 0.3 is 5.97 Å². The number of carbonyl (C=O) groups is 2. The van der Waals surface area contributed by atoms with E-state index < -0.39 is 5.97 Å². The summed E-state index contributed by atoms with van der Waals surface area (Å²) >= 11 is 0. The van der Waals surface area contributed by atoms with Gasteiger partial charge in [-0.15, -0.1) is 0 Å². The molecule has 184 valence electrons. The zero-order valence-corrected chi connectivity index (χ0v) is 20.7. The Morgan fingerprint density at radius 3 is 2.36 bits per heavy atom. The maximum absolute atomic E-state index is 13.0. The van der Waals surface area contributed by atoms with Gasteiger partial charge < -0.3 is 10.1 Å². The molecule has 1 amide bonds. The van der Waals surface area contributed by atoms with Crippen molar-refractivity contribution >= 4 is 22.8 Å². The van der Waals surface area contributed by atoms with Crippen LogP contribution in [0, 0.1) is 6.92 Å². The fourth-order valence-electron chi connectivity index (χ4n) is 3.98. The van der Waals surface area contributed by atoms with Crippen molar-refractivity contribution in [2.75, 3.05) is 13.2 Å². The molecule has 0 spiro atoms. The van der Waals surface area contributed by atoms with Crippen LogP contribution in [0.3, 0.4) is 0 Å². The molecular formula is C29H29N3O4. The number of carbonyl (C=O) groups excluding carboxylic acids is 2. The number of hydrogen-bond donors (Lipinski definition) is 1. The highest BCUT2D eigenvalue weighted by Crippen LogP contribution is 2.15. The highest BCUT2D eigenvalue weighted by atomic mass is 16.5. The Hall–Kier alpha value is -4.26. The molecule has 1 heterocycles. The second-order valence-corrected chi connectivity index (χ2v) is 8.94. The van der Waals surface area contributed by atoms with Gasteiger partial charge in [-0.2, -0.15) is 0 Å². The zero-order chi connectivity index (χ0) is 25.7. The average molecular weight is 484 g/mol. The third-order valence-electron chi connectivity index (χ3n) is 6.02. The van der Waals surface area contributed by atoms with Gasteiger partial charge in [-0.1, -0.05) is 50.2 Å². The van der Waals surface area contributed by atoms with Crippen LogP contribution in [0.25, 0.3) is 16.6 Å². The van der Waals surface area contributed by atoms with Crippen molar-refractivity contribution in [1.82, 2.24) is 14.9 Å². The lowest BCUT2D eigenvalue weighted by atomic mass is 10.0. The second-order valence-electron chi connectivity index (χ2n) is 8.94. The number of rotatable bonds is 8. The number of para-hydroxylation sites is 1. The molecule has 7 nitrogen and oxygen atoms in total. The highest BCUT2D eigenvalue weighted by Gasteiger charge is 2.13. The number of esters is 1. The predicted octanol–water partition coefficient (Wildman–Crippen LogP) is 4.33. The molecule has 0 saturated carbocycles. The van der Waals surface area contributed by atoms with Crippen LogP contribution in [0.15, 0.2) is 77.6 Å². The minimum atomic E-state index is -0.610. The van der Waals surface area contributed by atoms with E-state index >= 15 is 0 Å². The van der Waals surface area contributed by atoms with E-state index in [0.29, 0.717) is 41.3 Å². The van der Waals surface area contributed by atoms with Crippen LogP contribution in [0.1, 0.15) is 47.1 Å². The van der Waals surface area contributed by atoms with Crippen molar-refractivity contribution in [2.45, 2.75) is 33.1 Å². The van der Waals surface area contributed by atoms with Gasteiger partial charge in [0.25, 0.3) is 11.5 Å². The Bertz CT molecular complexity index is 1440. The molecule has 0 saturated heterocycles. The third kappa shape index (κ3) is 5.68. The largest absolute Gasteiger partial charge is 0.452 e. The molecule has 0 bridgehead atoms. The first-order chi connectivity index (χ1) is 17.3. The number of aryl methyl sites for hydroxylation is 1. The lowest BCUT2D eigenvalue weighted by Crippen LogP contribution is -2.30. The van der Waals surface area contributed by atoms with Crippen LogP contribution >= 0.6 is 0 Å². The molecule has 36 heavy (non-hydrogen) atoms. The summed E-state index contributed by atoms with van der Waals surface area (Å²) in [6, 6.07) is 21.9. The molecular weight excluding hydrogens is 454 g/mol. The molecule has 4 rings (SSSR count). The summed E-state index contributed by atoms with van der Waals surface area (Å²) in [6.45, 7) is 6.15. The summed E-state index contributed by atoms with van der Waals surface area (Å²) in [5, 5.41) is 3.29. The van der Waals surface area contributed by atoms with E-state index in [-0.39, 0.29) is 23.6 Å². The molecule has 4 aromatic rings. The summed E-state index contributed by atoms with van der Waals surface area (Å²) in [5.74, 6) is 0.0544. The lowest BCUT2D eigenvalue weighted by molar-refractivity contribution is -0.124. The maximum Gasteiger partial charge on any atom is 0.338 e. The van der Waals surface area contributed by atoms with Gasteiger partial charge in [0, 0.05) is 6.54 Å². The van der Waals surface area contributed by atoms with Crippen molar-refractivity contribution in [3.05, 3.63) is 106 Å². The van der Waals surface area contributed by atoms with Gasteiger partial charge in [-0.05, 0) is 66.8 Å². The summed E-state index contributed by atoms with van der Waals surface area (Å²) < 4.78 is 6.65. The third-order valence-corrected chi connectivity index (χ3v) is 6.02. The van der Waals surface area contributed by atoms with Crippen molar-refractivity contribution < 1.29 is 14.3 Å². The van der Waals surface area contributed by atoms with Crippen molar-refractivity contribution in [2.24, 2.45) is 0 Å². The summed E-state index contributed by atoms with van der Waals surface area (Å²) in [7, 11) is 0. The molecule has 0 fully saturated rings. The van der Waals surface area contributed by atoms with Crippen LogP contribution < -0.4 is 10.9 Å². The maximum atomic E-state index is 13.0. The Morgan fingerprint density at radius 2 is 1.67 bits per heavy atom. The molecule has 0 aliphatic heterocycles. The first-order valence-electron chi connectivity index (χ1n) is 11.9. The first kappa shape index (κ1) is 24.9. The topological polar surface area (TPSA) is 90.3 Å². The van der Waals surface area contributed by atoms with Crippen LogP contribution in [0.5, 0.6) is 0 Å². The van der Waals surface area contributed by atoms with Crippen LogP contribution in [0.4, 0.5) is 0 Å². The number of hydrogen-bond acceptors (Lipinski definition) is 5. The second kappa shape index (κ2) is 11.0. The fraction of sp³-hybridized carbons (Fsp3) is 0.241. The quantitative estimate of drug-likeness (QED) is 0.377. The fourth-order valence-corrected chi connectivity index (χ4v) is 3.98. The Labute approximate surface area is 209 Å². The van der Waals surface area contributed by atoms with Gasteiger partial charge in [-0.3, -0.25) is 14.2 Å². The number of ether oxygens (including phenoxy) is 1. The number of nitrogens with one attached hydrogen (secondary N) is 1. The highest BCUT2D eigenvalue weighted by molar-refractivity contribution is 5.91. The number of benzene rings is 3. The van der Waals surface area contributed by atoms with E-state index in [1.807, 2.05) is 6.07 Å². The number of aromatic nitrogens is 2. The summed E-state index contributed by atoms with van der Waals surface area (Å²) in [5.41, 5.74) is 3.74. The molecule has 1 aromatic heterocycles.